The standard InChI is InChI=1S/C20H22N4O4S/c25-20(21-15-16-5-7-17(8-6-16)24-14-4-11-22-24)18-9-10-19(28-18)29(26,27)23-12-2-1-3-13-23/h4-11,14H,1-3,12-13,15H2,(H,21,25). The van der Waals surface area contributed by atoms with Gasteiger partial charge in [0.15, 0.2) is 5.76 Å². The number of carbonyl (C=O) groups is 1. The van der Waals surface area contributed by atoms with Gasteiger partial charge in [-0.1, -0.05) is 18.6 Å². The van der Waals surface area contributed by atoms with E-state index in [0.717, 1.165) is 30.5 Å². The second-order valence-electron chi connectivity index (χ2n) is 6.88. The molecule has 0 saturated carbocycles. The molecule has 2 aromatic heterocycles. The Hall–Kier alpha value is -2.91. The maximum Gasteiger partial charge on any atom is 0.287 e. The summed E-state index contributed by atoms with van der Waals surface area (Å²) in [5.41, 5.74) is 1.82. The Morgan fingerprint density at radius 1 is 1.07 bits per heavy atom. The summed E-state index contributed by atoms with van der Waals surface area (Å²) in [5, 5.41) is 6.73. The Morgan fingerprint density at radius 2 is 1.83 bits per heavy atom. The highest BCUT2D eigenvalue weighted by atomic mass is 32.2. The van der Waals surface area contributed by atoms with Crippen molar-refractivity contribution in [1.29, 1.82) is 0 Å². The zero-order valence-electron chi connectivity index (χ0n) is 15.8. The first-order valence-corrected chi connectivity index (χ1v) is 11.0. The topological polar surface area (TPSA) is 97.4 Å². The van der Waals surface area contributed by atoms with E-state index in [2.05, 4.69) is 10.4 Å². The number of carbonyl (C=O) groups excluding carboxylic acids is 1. The monoisotopic (exact) mass is 414 g/mol. The summed E-state index contributed by atoms with van der Waals surface area (Å²) in [4.78, 5) is 12.4. The van der Waals surface area contributed by atoms with Gasteiger partial charge in [0.25, 0.3) is 15.9 Å². The third-order valence-corrected chi connectivity index (χ3v) is 6.65. The molecule has 1 amide bonds. The molecule has 29 heavy (non-hydrogen) atoms. The van der Waals surface area contributed by atoms with E-state index in [1.165, 1.54) is 16.4 Å². The largest absolute Gasteiger partial charge is 0.438 e. The lowest BCUT2D eigenvalue weighted by Gasteiger charge is -2.24. The van der Waals surface area contributed by atoms with Crippen LogP contribution in [0.4, 0.5) is 0 Å². The molecule has 0 radical (unpaired) electrons. The molecule has 1 aromatic carbocycles. The van der Waals surface area contributed by atoms with Gasteiger partial charge in [0, 0.05) is 32.0 Å². The van der Waals surface area contributed by atoms with Crippen LogP contribution in [-0.4, -0.2) is 41.5 Å². The zero-order valence-corrected chi connectivity index (χ0v) is 16.6. The van der Waals surface area contributed by atoms with Crippen molar-refractivity contribution in [3.05, 3.63) is 66.2 Å². The van der Waals surface area contributed by atoms with Crippen LogP contribution in [-0.2, 0) is 16.6 Å². The van der Waals surface area contributed by atoms with E-state index >= 15 is 0 Å². The molecule has 1 aliphatic rings. The highest BCUT2D eigenvalue weighted by Crippen LogP contribution is 2.22. The number of nitrogens with zero attached hydrogens (tertiary/aromatic N) is 3. The molecule has 9 heteroatoms. The Balaban J connectivity index is 1.38. The average Bonchev–Trinajstić information content (AvgIpc) is 3.46. The number of aromatic nitrogens is 2. The van der Waals surface area contributed by atoms with Crippen LogP contribution < -0.4 is 5.32 Å². The second kappa shape index (κ2) is 8.22. The smallest absolute Gasteiger partial charge is 0.287 e. The molecule has 3 heterocycles. The summed E-state index contributed by atoms with van der Waals surface area (Å²) < 4.78 is 33.8. The van der Waals surface area contributed by atoms with Crippen molar-refractivity contribution in [2.75, 3.05) is 13.1 Å². The first kappa shape index (κ1) is 19.4. The lowest BCUT2D eigenvalue weighted by atomic mass is 10.2. The Kier molecular flexibility index (Phi) is 5.50. The number of nitrogens with one attached hydrogen (secondary N) is 1. The second-order valence-corrected chi connectivity index (χ2v) is 8.75. The molecule has 0 aliphatic carbocycles. The molecular formula is C20H22N4O4S. The van der Waals surface area contributed by atoms with Crippen LogP contribution in [0.2, 0.25) is 0 Å². The maximum atomic E-state index is 12.6. The molecule has 0 bridgehead atoms. The summed E-state index contributed by atoms with van der Waals surface area (Å²) >= 11 is 0. The molecule has 1 N–H and O–H groups in total. The van der Waals surface area contributed by atoms with Gasteiger partial charge in [0.05, 0.1) is 5.69 Å². The SMILES string of the molecule is O=C(NCc1ccc(-n2cccn2)cc1)c1ccc(S(=O)(=O)N2CCCCC2)o1. The average molecular weight is 414 g/mol. The van der Waals surface area contributed by atoms with Gasteiger partial charge in [0.2, 0.25) is 5.09 Å². The summed E-state index contributed by atoms with van der Waals surface area (Å²) in [7, 11) is -3.69. The van der Waals surface area contributed by atoms with Gasteiger partial charge in [-0.15, -0.1) is 0 Å². The molecule has 0 spiro atoms. The summed E-state index contributed by atoms with van der Waals surface area (Å²) in [6.07, 6.45) is 6.26. The number of hydrogen-bond donors (Lipinski definition) is 1. The predicted molar refractivity (Wildman–Crippen MR) is 106 cm³/mol. The van der Waals surface area contributed by atoms with E-state index in [1.54, 1.807) is 10.9 Å². The van der Waals surface area contributed by atoms with Gasteiger partial charge >= 0.3 is 0 Å². The Morgan fingerprint density at radius 3 is 2.52 bits per heavy atom. The van der Waals surface area contributed by atoms with E-state index in [9.17, 15) is 13.2 Å². The Bertz CT molecular complexity index is 1070. The van der Waals surface area contributed by atoms with Gasteiger partial charge < -0.3 is 9.73 Å². The molecule has 1 saturated heterocycles. The van der Waals surface area contributed by atoms with Crippen molar-refractivity contribution in [1.82, 2.24) is 19.4 Å². The molecule has 152 valence electrons. The van der Waals surface area contributed by atoms with Crippen molar-refractivity contribution in [3.8, 4) is 5.69 Å². The van der Waals surface area contributed by atoms with Gasteiger partial charge in [-0.25, -0.2) is 13.1 Å². The van der Waals surface area contributed by atoms with E-state index in [4.69, 9.17) is 4.42 Å². The van der Waals surface area contributed by atoms with Crippen molar-refractivity contribution in [2.45, 2.75) is 30.9 Å². The minimum absolute atomic E-state index is 0.0197. The molecule has 8 nitrogen and oxygen atoms in total. The lowest BCUT2D eigenvalue weighted by Crippen LogP contribution is -2.35. The molecule has 0 unspecified atom stereocenters. The minimum Gasteiger partial charge on any atom is -0.438 e. The summed E-state index contributed by atoms with van der Waals surface area (Å²) in [6, 6.07) is 12.2. The maximum absolute atomic E-state index is 12.6. The fourth-order valence-corrected chi connectivity index (χ4v) is 4.70. The molecule has 1 fully saturated rings. The first-order valence-electron chi connectivity index (χ1n) is 9.51. The van der Waals surface area contributed by atoms with Crippen LogP contribution in [0.1, 0.15) is 35.4 Å². The minimum atomic E-state index is -3.69. The fraction of sp³-hybridized carbons (Fsp3) is 0.300. The van der Waals surface area contributed by atoms with Crippen molar-refractivity contribution >= 4 is 15.9 Å². The van der Waals surface area contributed by atoms with Gasteiger partial charge in [0.1, 0.15) is 0 Å². The van der Waals surface area contributed by atoms with Crippen LogP contribution in [0.25, 0.3) is 5.69 Å². The van der Waals surface area contributed by atoms with Crippen molar-refractivity contribution in [3.63, 3.8) is 0 Å². The fourth-order valence-electron chi connectivity index (χ4n) is 3.27. The normalized spacial score (nSPS) is 15.3. The third-order valence-electron chi connectivity index (χ3n) is 4.87. The van der Waals surface area contributed by atoms with Crippen LogP contribution in [0.3, 0.4) is 0 Å². The zero-order chi connectivity index (χ0) is 20.3. The number of benzene rings is 1. The van der Waals surface area contributed by atoms with Crippen molar-refractivity contribution < 1.29 is 17.6 Å². The van der Waals surface area contributed by atoms with E-state index in [0.29, 0.717) is 19.6 Å². The van der Waals surface area contributed by atoms with Crippen molar-refractivity contribution in [2.24, 2.45) is 0 Å². The highest BCUT2D eigenvalue weighted by Gasteiger charge is 2.29. The number of sulfonamides is 1. The quantitative estimate of drug-likeness (QED) is 0.669. The van der Waals surface area contributed by atoms with E-state index in [-0.39, 0.29) is 10.9 Å². The molecule has 0 atom stereocenters. The first-order chi connectivity index (χ1) is 14.0. The van der Waals surface area contributed by atoms with Crippen LogP contribution >= 0.6 is 0 Å². The third kappa shape index (κ3) is 4.25. The molecule has 4 rings (SSSR count). The number of piperidine rings is 1. The summed E-state index contributed by atoms with van der Waals surface area (Å²) in [5.74, 6) is -0.477. The number of hydrogen-bond acceptors (Lipinski definition) is 5. The van der Waals surface area contributed by atoms with Crippen LogP contribution in [0, 0.1) is 0 Å². The molecule has 1 aliphatic heterocycles. The van der Waals surface area contributed by atoms with Gasteiger partial charge in [-0.2, -0.15) is 9.40 Å². The van der Waals surface area contributed by atoms with Gasteiger partial charge in [-0.3, -0.25) is 4.79 Å². The van der Waals surface area contributed by atoms with E-state index < -0.39 is 15.9 Å². The predicted octanol–water partition coefficient (Wildman–Crippen LogP) is 2.57. The van der Waals surface area contributed by atoms with Crippen LogP contribution in [0.5, 0.6) is 0 Å². The number of furan rings is 1. The molecular weight excluding hydrogens is 392 g/mol. The highest BCUT2D eigenvalue weighted by molar-refractivity contribution is 7.89. The summed E-state index contributed by atoms with van der Waals surface area (Å²) in [6.45, 7) is 1.27. The number of amides is 1. The molecule has 3 aromatic rings. The lowest BCUT2D eigenvalue weighted by molar-refractivity contribution is 0.0917. The van der Waals surface area contributed by atoms with Gasteiger partial charge in [-0.05, 0) is 48.7 Å². The number of rotatable bonds is 6. The Labute approximate surface area is 169 Å². The van der Waals surface area contributed by atoms with E-state index in [1.807, 2.05) is 36.5 Å². The van der Waals surface area contributed by atoms with Crippen LogP contribution in [0.15, 0.2) is 64.4 Å².